The average Bonchev–Trinajstić information content (AvgIpc) is 3.57. The van der Waals surface area contributed by atoms with Gasteiger partial charge in [-0.1, -0.05) is 79.7 Å². The van der Waals surface area contributed by atoms with E-state index in [9.17, 15) is 14.4 Å². The van der Waals surface area contributed by atoms with Crippen molar-refractivity contribution in [1.29, 1.82) is 0 Å². The highest BCUT2D eigenvalue weighted by molar-refractivity contribution is 5.89. The third-order valence-corrected chi connectivity index (χ3v) is 6.97. The van der Waals surface area contributed by atoms with E-state index in [0.29, 0.717) is 18.0 Å². The minimum atomic E-state index is -1.03. The number of hydrogen-bond acceptors (Lipinski definition) is 7. The largest absolute Gasteiger partial charge is 0.497 e. The number of amides is 3. The molecule has 0 saturated carbocycles. The van der Waals surface area contributed by atoms with Gasteiger partial charge in [0.1, 0.15) is 24.9 Å². The molecule has 0 aliphatic heterocycles. The van der Waals surface area contributed by atoms with Crippen LogP contribution in [0, 0.1) is 0 Å². The van der Waals surface area contributed by atoms with Gasteiger partial charge in [-0.25, -0.2) is 15.2 Å². The lowest BCUT2D eigenvalue weighted by Crippen LogP contribution is -2.53. The summed E-state index contributed by atoms with van der Waals surface area (Å²) in [7, 11) is 1.57. The molecule has 0 spiro atoms. The highest BCUT2D eigenvalue weighted by Gasteiger charge is 2.29. The number of H-pyrrole nitrogens is 1. The topological polar surface area (TPSA) is 138 Å². The number of nitrogens with zero attached hydrogens (tertiary/aromatic N) is 2. The van der Waals surface area contributed by atoms with Gasteiger partial charge in [-0.15, -0.1) is 0 Å². The molecule has 2 atom stereocenters. The van der Waals surface area contributed by atoms with Crippen LogP contribution in [0.4, 0.5) is 4.79 Å². The van der Waals surface area contributed by atoms with Crippen molar-refractivity contribution in [3.05, 3.63) is 120 Å². The number of nitrogens with one attached hydrogen (secondary N) is 4. The molecular weight excluding hydrogens is 560 g/mol. The Labute approximate surface area is 257 Å². The van der Waals surface area contributed by atoms with Crippen molar-refractivity contribution in [3.63, 3.8) is 0 Å². The van der Waals surface area contributed by atoms with Gasteiger partial charge >= 0.3 is 6.09 Å². The number of ether oxygens (including phenoxy) is 2. The number of hydrogen-bond donors (Lipinski definition) is 4. The fraction of sp³-hybridized carbons (Fsp3) is 0.273. The van der Waals surface area contributed by atoms with Crippen LogP contribution in [0.3, 0.4) is 0 Å². The Morgan fingerprint density at radius 1 is 0.932 bits per heavy atom. The average molecular weight is 599 g/mol. The van der Waals surface area contributed by atoms with Crippen LogP contribution in [0.2, 0.25) is 0 Å². The maximum atomic E-state index is 14.0. The van der Waals surface area contributed by atoms with Gasteiger partial charge in [0.05, 0.1) is 13.4 Å². The smallest absolute Gasteiger partial charge is 0.408 e. The lowest BCUT2D eigenvalue weighted by atomic mass is 10.0. The van der Waals surface area contributed by atoms with Crippen molar-refractivity contribution in [3.8, 4) is 5.75 Å². The van der Waals surface area contributed by atoms with E-state index < -0.39 is 23.9 Å². The zero-order valence-electron chi connectivity index (χ0n) is 24.9. The van der Waals surface area contributed by atoms with Gasteiger partial charge in [-0.2, -0.15) is 0 Å². The maximum absolute atomic E-state index is 14.0. The van der Waals surface area contributed by atoms with Crippen molar-refractivity contribution >= 4 is 17.9 Å². The lowest BCUT2D eigenvalue weighted by molar-refractivity contribution is -0.138. The van der Waals surface area contributed by atoms with Gasteiger partial charge in [0.15, 0.2) is 0 Å². The highest BCUT2D eigenvalue weighted by Crippen LogP contribution is 2.15. The summed E-state index contributed by atoms with van der Waals surface area (Å²) in [6.07, 6.45) is 2.44. The van der Waals surface area contributed by atoms with Crippen molar-refractivity contribution in [2.45, 2.75) is 38.5 Å². The Balaban J connectivity index is 1.45. The summed E-state index contributed by atoms with van der Waals surface area (Å²) < 4.78 is 10.6. The first-order chi connectivity index (χ1) is 21.4. The number of carbonyl (C=O) groups is 3. The van der Waals surface area contributed by atoms with E-state index in [0.717, 1.165) is 16.7 Å². The molecule has 1 heterocycles. The van der Waals surface area contributed by atoms with Crippen LogP contribution in [0.5, 0.6) is 5.75 Å². The predicted octanol–water partition coefficient (Wildman–Crippen LogP) is 3.71. The lowest BCUT2D eigenvalue weighted by Gasteiger charge is -2.27. The summed E-state index contributed by atoms with van der Waals surface area (Å²) in [5, 5.41) is 2.69. The van der Waals surface area contributed by atoms with Crippen LogP contribution < -0.4 is 20.9 Å². The molecule has 4 aromatic rings. The Bertz CT molecular complexity index is 1450. The molecule has 3 amide bonds. The fourth-order valence-corrected chi connectivity index (χ4v) is 4.52. The molecule has 11 heteroatoms. The molecule has 0 unspecified atom stereocenters. The van der Waals surface area contributed by atoms with Crippen molar-refractivity contribution in [2.24, 2.45) is 0 Å². The Hall–Kier alpha value is -5.16. The van der Waals surface area contributed by atoms with Crippen LogP contribution >= 0.6 is 0 Å². The normalized spacial score (nSPS) is 12.0. The van der Waals surface area contributed by atoms with Crippen LogP contribution in [-0.4, -0.2) is 59.0 Å². The number of rotatable bonds is 15. The first-order valence-electron chi connectivity index (χ1n) is 14.3. The van der Waals surface area contributed by atoms with Crippen molar-refractivity contribution in [2.75, 3.05) is 20.2 Å². The second-order valence-corrected chi connectivity index (χ2v) is 10.3. The number of carbonyl (C=O) groups excluding carboxylic acids is 3. The summed E-state index contributed by atoms with van der Waals surface area (Å²) in [5.41, 5.74) is 9.05. The minimum absolute atomic E-state index is 0.0443. The molecule has 4 rings (SSSR count). The van der Waals surface area contributed by atoms with Gasteiger partial charge in [0, 0.05) is 31.4 Å². The first-order valence-corrected chi connectivity index (χ1v) is 14.3. The molecular formula is C33H38N6O5. The molecule has 44 heavy (non-hydrogen) atoms. The van der Waals surface area contributed by atoms with Crippen LogP contribution in [0.1, 0.15) is 35.2 Å². The Morgan fingerprint density at radius 3 is 2.30 bits per heavy atom. The monoisotopic (exact) mass is 598 g/mol. The summed E-state index contributed by atoms with van der Waals surface area (Å²) >= 11 is 0. The highest BCUT2D eigenvalue weighted by atomic mass is 16.5. The Morgan fingerprint density at radius 2 is 1.64 bits per heavy atom. The molecule has 230 valence electrons. The summed E-state index contributed by atoms with van der Waals surface area (Å²) in [4.78, 5) is 48.3. The van der Waals surface area contributed by atoms with E-state index in [-0.39, 0.29) is 32.0 Å². The van der Waals surface area contributed by atoms with Crippen LogP contribution in [0.25, 0.3) is 0 Å². The molecule has 0 saturated heterocycles. The predicted molar refractivity (Wildman–Crippen MR) is 165 cm³/mol. The minimum Gasteiger partial charge on any atom is -0.497 e. The molecule has 0 aliphatic rings. The number of imidazole rings is 1. The van der Waals surface area contributed by atoms with E-state index in [1.165, 1.54) is 11.2 Å². The van der Waals surface area contributed by atoms with Gasteiger partial charge in [-0.05, 0) is 34.7 Å². The van der Waals surface area contributed by atoms with Crippen LogP contribution in [0.15, 0.2) is 97.5 Å². The van der Waals surface area contributed by atoms with Gasteiger partial charge < -0.3 is 24.7 Å². The third kappa shape index (κ3) is 9.99. The number of benzene rings is 3. The maximum Gasteiger partial charge on any atom is 0.408 e. The van der Waals surface area contributed by atoms with Crippen molar-refractivity contribution < 1.29 is 23.9 Å². The SMILES string of the molecule is COc1ccc(CN(CC(=O)NNC[C@@H](C)c2ccccc2)C(=O)[C@H](Cc2cnc[nH]2)NC(=O)OCc2ccccc2)cc1. The first kappa shape index (κ1) is 31.8. The van der Waals surface area contributed by atoms with E-state index >= 15 is 0 Å². The van der Waals surface area contributed by atoms with E-state index in [1.807, 2.05) is 72.8 Å². The molecule has 0 aliphatic carbocycles. The van der Waals surface area contributed by atoms with Gasteiger partial charge in [-0.3, -0.25) is 15.0 Å². The third-order valence-electron chi connectivity index (χ3n) is 6.97. The number of alkyl carbamates (subject to hydrolysis) is 1. The molecule has 4 N–H and O–H groups in total. The molecule has 0 bridgehead atoms. The van der Waals surface area contributed by atoms with E-state index in [2.05, 4.69) is 33.1 Å². The summed E-state index contributed by atoms with van der Waals surface area (Å²) in [6.45, 7) is 2.47. The standard InChI is InChI=1S/C33H38N6O5/c1-24(27-11-7-4-8-12-27)18-36-38-31(40)21-39(20-25-13-15-29(43-2)16-14-25)32(41)30(17-28-19-34-23-35-28)37-33(42)44-22-26-9-5-3-6-10-26/h3-16,19,23-24,30,36H,17-18,20-22H2,1-2H3,(H,34,35)(H,37,42)(H,38,40)/t24-,30+/m1/s1. The summed E-state index contributed by atoms with van der Waals surface area (Å²) in [5.74, 6) is -0.0431. The van der Waals surface area contributed by atoms with Crippen LogP contribution in [-0.2, 0) is 33.9 Å². The second-order valence-electron chi connectivity index (χ2n) is 10.3. The zero-order chi connectivity index (χ0) is 31.1. The second kappa shape index (κ2) is 16.5. The number of aromatic amines is 1. The molecule has 1 aromatic heterocycles. The fourth-order valence-electron chi connectivity index (χ4n) is 4.52. The summed E-state index contributed by atoms with van der Waals surface area (Å²) in [6, 6.07) is 25.4. The quantitative estimate of drug-likeness (QED) is 0.153. The van der Waals surface area contributed by atoms with Crippen molar-refractivity contribution in [1.82, 2.24) is 31.0 Å². The Kier molecular flexibility index (Phi) is 11.9. The molecule has 11 nitrogen and oxygen atoms in total. The molecule has 0 radical (unpaired) electrons. The van der Waals surface area contributed by atoms with E-state index in [4.69, 9.17) is 9.47 Å². The molecule has 0 fully saturated rings. The zero-order valence-corrected chi connectivity index (χ0v) is 24.9. The number of aromatic nitrogens is 2. The number of hydrazine groups is 1. The van der Waals surface area contributed by atoms with Gasteiger partial charge in [0.25, 0.3) is 5.91 Å². The number of methoxy groups -OCH3 is 1. The molecule has 3 aromatic carbocycles. The van der Waals surface area contributed by atoms with Gasteiger partial charge in [0.2, 0.25) is 5.91 Å². The van der Waals surface area contributed by atoms with E-state index in [1.54, 1.807) is 25.4 Å².